The second-order valence-electron chi connectivity index (χ2n) is 11.4. The third kappa shape index (κ3) is 9.67. The lowest BCUT2D eigenvalue weighted by Gasteiger charge is -2.29. The van der Waals surface area contributed by atoms with Crippen LogP contribution in [0.3, 0.4) is 0 Å². The summed E-state index contributed by atoms with van der Waals surface area (Å²) in [6.45, 7) is 0.415. The lowest BCUT2D eigenvalue weighted by atomic mass is 10.00. The summed E-state index contributed by atoms with van der Waals surface area (Å²) in [5, 5.41) is 15.5. The maximum atomic E-state index is 13.6. The van der Waals surface area contributed by atoms with Gasteiger partial charge in [-0.15, -0.1) is 0 Å². The number of carbonyl (C=O) groups is 4. The van der Waals surface area contributed by atoms with Crippen molar-refractivity contribution in [3.05, 3.63) is 102 Å². The van der Waals surface area contributed by atoms with E-state index < -0.39 is 30.1 Å². The molecular formula is C34H41N5O5. The van der Waals surface area contributed by atoms with Crippen LogP contribution in [0.25, 0.3) is 0 Å². The van der Waals surface area contributed by atoms with Crippen molar-refractivity contribution in [1.82, 2.24) is 15.5 Å². The van der Waals surface area contributed by atoms with Crippen molar-refractivity contribution in [2.45, 2.75) is 69.1 Å². The summed E-state index contributed by atoms with van der Waals surface area (Å²) in [4.78, 5) is 53.5. The fourth-order valence-corrected chi connectivity index (χ4v) is 5.69. The number of amides is 4. The summed E-state index contributed by atoms with van der Waals surface area (Å²) < 4.78 is 0. The summed E-state index contributed by atoms with van der Waals surface area (Å²) in [6.07, 6.45) is 2.23. The lowest BCUT2D eigenvalue weighted by Crippen LogP contribution is -2.54. The Labute approximate surface area is 257 Å². The Balaban J connectivity index is 1.42. The van der Waals surface area contributed by atoms with Gasteiger partial charge in [-0.1, -0.05) is 72.8 Å². The molecule has 1 heterocycles. The molecule has 1 aliphatic rings. The second-order valence-corrected chi connectivity index (χ2v) is 11.4. The first-order chi connectivity index (χ1) is 21.2. The molecule has 4 rings (SSSR count). The lowest BCUT2D eigenvalue weighted by molar-refractivity contribution is -0.139. The van der Waals surface area contributed by atoms with E-state index >= 15 is 0 Å². The average Bonchev–Trinajstić information content (AvgIpc) is 3.49. The van der Waals surface area contributed by atoms with Gasteiger partial charge in [-0.3, -0.25) is 19.2 Å². The molecule has 0 aromatic heterocycles. The molecule has 4 atom stereocenters. The number of carbonyl (C=O) groups excluding carboxylic acids is 4. The Morgan fingerprint density at radius 3 is 1.89 bits per heavy atom. The number of hydrogen-bond donors (Lipinski definition) is 5. The summed E-state index contributed by atoms with van der Waals surface area (Å²) in [6, 6.07) is 23.0. The monoisotopic (exact) mass is 599 g/mol. The molecule has 0 radical (unpaired) electrons. The maximum Gasteiger partial charge on any atom is 0.243 e. The van der Waals surface area contributed by atoms with Crippen molar-refractivity contribution >= 4 is 23.6 Å². The minimum Gasteiger partial charge on any atom is -0.508 e. The molecule has 0 aliphatic carbocycles. The van der Waals surface area contributed by atoms with Gasteiger partial charge < -0.3 is 32.1 Å². The summed E-state index contributed by atoms with van der Waals surface area (Å²) >= 11 is 0. The predicted molar refractivity (Wildman–Crippen MR) is 167 cm³/mol. The van der Waals surface area contributed by atoms with Gasteiger partial charge in [0.25, 0.3) is 0 Å². The van der Waals surface area contributed by atoms with Crippen molar-refractivity contribution in [1.29, 1.82) is 0 Å². The number of nitrogens with one attached hydrogen (secondary N) is 2. The number of benzene rings is 3. The third-order valence-electron chi connectivity index (χ3n) is 7.79. The van der Waals surface area contributed by atoms with Gasteiger partial charge in [-0.2, -0.15) is 0 Å². The molecule has 0 bridgehead atoms. The number of likely N-dealkylation sites (tertiary alicyclic amines) is 1. The van der Waals surface area contributed by atoms with Crippen LogP contribution in [0.15, 0.2) is 84.9 Å². The van der Waals surface area contributed by atoms with Crippen molar-refractivity contribution < 1.29 is 24.3 Å². The van der Waals surface area contributed by atoms with Gasteiger partial charge in [0, 0.05) is 31.5 Å². The first-order valence-corrected chi connectivity index (χ1v) is 15.0. The van der Waals surface area contributed by atoms with Gasteiger partial charge in [0.1, 0.15) is 11.8 Å². The molecule has 3 aromatic rings. The maximum absolute atomic E-state index is 13.6. The molecule has 0 saturated carbocycles. The van der Waals surface area contributed by atoms with Crippen molar-refractivity contribution in [2.24, 2.45) is 11.5 Å². The molecule has 4 amide bonds. The molecule has 3 aromatic carbocycles. The standard InChI is InChI=1S/C34H41N5O5/c35-29(20-25-13-15-28(40)16-14-25)34(44)39-17-7-12-30(39)33(43)38-27(19-24-10-5-2-6-11-24)22-32(42)37-26(21-31(36)41)18-23-8-3-1-4-9-23/h1-6,8-11,13-16,26-27,29-30,40H,7,12,17-22,35H2,(H2,36,41)(H,37,42)(H,38,43)/t26-,27-,29-,30-/m0/s1. The fourth-order valence-electron chi connectivity index (χ4n) is 5.69. The SMILES string of the molecule is NC(=O)C[C@H](Cc1ccccc1)NC(=O)C[C@H](Cc1ccccc1)NC(=O)[C@@H]1CCCN1C(=O)[C@@H](N)Cc1ccc(O)cc1. The van der Waals surface area contributed by atoms with Gasteiger partial charge in [0.15, 0.2) is 0 Å². The van der Waals surface area contributed by atoms with E-state index in [-0.39, 0.29) is 42.7 Å². The number of nitrogens with two attached hydrogens (primary N) is 2. The number of rotatable bonds is 14. The number of primary amides is 1. The van der Waals surface area contributed by atoms with Crippen LogP contribution >= 0.6 is 0 Å². The van der Waals surface area contributed by atoms with Crippen LogP contribution in [0.2, 0.25) is 0 Å². The van der Waals surface area contributed by atoms with E-state index in [9.17, 15) is 24.3 Å². The van der Waals surface area contributed by atoms with E-state index in [1.165, 1.54) is 4.90 Å². The van der Waals surface area contributed by atoms with Crippen molar-refractivity contribution in [3.63, 3.8) is 0 Å². The largest absolute Gasteiger partial charge is 0.508 e. The Bertz CT molecular complexity index is 1400. The van der Waals surface area contributed by atoms with Crippen LogP contribution in [-0.2, 0) is 38.4 Å². The van der Waals surface area contributed by atoms with Gasteiger partial charge in [0.05, 0.1) is 6.04 Å². The van der Waals surface area contributed by atoms with Crippen LogP contribution in [0.4, 0.5) is 0 Å². The number of phenolic OH excluding ortho intramolecular Hbond substituents is 1. The predicted octanol–water partition coefficient (Wildman–Crippen LogP) is 1.97. The van der Waals surface area contributed by atoms with E-state index in [0.717, 1.165) is 16.7 Å². The zero-order valence-corrected chi connectivity index (χ0v) is 24.7. The molecular weight excluding hydrogens is 558 g/mol. The van der Waals surface area contributed by atoms with E-state index in [4.69, 9.17) is 11.5 Å². The number of phenols is 1. The van der Waals surface area contributed by atoms with Crippen LogP contribution < -0.4 is 22.1 Å². The second kappa shape index (κ2) is 15.7. The first kappa shape index (κ1) is 32.2. The van der Waals surface area contributed by atoms with Crippen LogP contribution in [0.5, 0.6) is 5.75 Å². The molecule has 1 aliphatic heterocycles. The molecule has 10 nitrogen and oxygen atoms in total. The molecule has 1 fully saturated rings. The van der Waals surface area contributed by atoms with E-state index in [1.54, 1.807) is 24.3 Å². The highest BCUT2D eigenvalue weighted by atomic mass is 16.3. The molecule has 7 N–H and O–H groups in total. The quantitative estimate of drug-likeness (QED) is 0.190. The van der Waals surface area contributed by atoms with E-state index in [0.29, 0.717) is 32.2 Å². The van der Waals surface area contributed by atoms with E-state index in [1.807, 2.05) is 60.7 Å². The molecule has 1 saturated heterocycles. The topological polar surface area (TPSA) is 168 Å². The van der Waals surface area contributed by atoms with Crippen LogP contribution in [0.1, 0.15) is 42.4 Å². The zero-order valence-electron chi connectivity index (χ0n) is 24.7. The first-order valence-electron chi connectivity index (χ1n) is 15.0. The Hall–Kier alpha value is -4.70. The minimum absolute atomic E-state index is 0.0140. The average molecular weight is 600 g/mol. The van der Waals surface area contributed by atoms with Gasteiger partial charge in [-0.25, -0.2) is 0 Å². The van der Waals surface area contributed by atoms with Gasteiger partial charge in [-0.05, 0) is 60.9 Å². The normalized spacial score (nSPS) is 16.5. The molecule has 0 unspecified atom stereocenters. The molecule has 44 heavy (non-hydrogen) atoms. The smallest absolute Gasteiger partial charge is 0.243 e. The number of aromatic hydroxyl groups is 1. The molecule has 232 valence electrons. The number of nitrogens with zero attached hydrogens (tertiary/aromatic N) is 1. The van der Waals surface area contributed by atoms with Gasteiger partial charge in [0.2, 0.25) is 23.6 Å². The fraction of sp³-hybridized carbons (Fsp3) is 0.353. The minimum atomic E-state index is -0.842. The van der Waals surface area contributed by atoms with Crippen molar-refractivity contribution in [2.75, 3.05) is 6.54 Å². The van der Waals surface area contributed by atoms with Crippen molar-refractivity contribution in [3.8, 4) is 5.75 Å². The highest BCUT2D eigenvalue weighted by Crippen LogP contribution is 2.21. The van der Waals surface area contributed by atoms with Crippen LogP contribution in [-0.4, -0.2) is 64.3 Å². The Morgan fingerprint density at radius 1 is 0.773 bits per heavy atom. The summed E-state index contributed by atoms with van der Waals surface area (Å²) in [5.41, 5.74) is 14.4. The Kier molecular flexibility index (Phi) is 11.5. The molecule has 10 heteroatoms. The summed E-state index contributed by atoms with van der Waals surface area (Å²) in [5.74, 6) is -1.36. The summed E-state index contributed by atoms with van der Waals surface area (Å²) in [7, 11) is 0. The molecule has 0 spiro atoms. The van der Waals surface area contributed by atoms with Crippen LogP contribution in [0, 0.1) is 0 Å². The highest BCUT2D eigenvalue weighted by Gasteiger charge is 2.37. The zero-order chi connectivity index (χ0) is 31.5. The Morgan fingerprint density at radius 2 is 1.32 bits per heavy atom. The van der Waals surface area contributed by atoms with Gasteiger partial charge >= 0.3 is 0 Å². The third-order valence-corrected chi connectivity index (χ3v) is 7.79. The number of hydrogen-bond acceptors (Lipinski definition) is 6. The highest BCUT2D eigenvalue weighted by molar-refractivity contribution is 5.91. The van der Waals surface area contributed by atoms with E-state index in [2.05, 4.69) is 10.6 Å².